The summed E-state index contributed by atoms with van der Waals surface area (Å²) in [5.74, 6) is -0.739. The number of nitriles is 1. The molecule has 17 heavy (non-hydrogen) atoms. The summed E-state index contributed by atoms with van der Waals surface area (Å²) >= 11 is 0. The average Bonchev–Trinajstić information content (AvgIpc) is 3.03. The first-order valence-electron chi connectivity index (χ1n) is 5.24. The molecule has 1 aliphatic carbocycles. The van der Waals surface area contributed by atoms with Gasteiger partial charge in [0.05, 0.1) is 11.6 Å². The molecule has 0 amide bonds. The lowest BCUT2D eigenvalue weighted by Crippen LogP contribution is -2.13. The van der Waals surface area contributed by atoms with Crippen LogP contribution in [0.15, 0.2) is 27.4 Å². The molecule has 0 saturated heterocycles. The van der Waals surface area contributed by atoms with E-state index in [2.05, 4.69) is 11.1 Å². The molecule has 1 aromatic carbocycles. The van der Waals surface area contributed by atoms with Gasteiger partial charge in [-0.25, -0.2) is 4.79 Å². The maximum absolute atomic E-state index is 12.1. The van der Waals surface area contributed by atoms with Gasteiger partial charge in [-0.05, 0) is 31.0 Å². The number of carbonyl (C=O) groups is 1. The minimum absolute atomic E-state index is 0.189. The topological polar surface area (TPSA) is 86.9 Å². The van der Waals surface area contributed by atoms with Gasteiger partial charge in [-0.3, -0.25) is 9.78 Å². The van der Waals surface area contributed by atoms with Crippen LogP contribution in [0.4, 0.5) is 0 Å². The Bertz CT molecular complexity index is 713. The number of hydrogen-bond acceptors (Lipinski definition) is 4. The Morgan fingerprint density at radius 2 is 2.24 bits per heavy atom. The Hall–Kier alpha value is -2.35. The summed E-state index contributed by atoms with van der Waals surface area (Å²) in [6.45, 7) is 0. The van der Waals surface area contributed by atoms with Crippen molar-refractivity contribution < 1.29 is 9.21 Å². The van der Waals surface area contributed by atoms with Crippen molar-refractivity contribution in [1.82, 2.24) is 4.98 Å². The van der Waals surface area contributed by atoms with Crippen LogP contribution in [0.2, 0.25) is 0 Å². The molecule has 3 rings (SSSR count). The van der Waals surface area contributed by atoms with Gasteiger partial charge in [0.2, 0.25) is 0 Å². The fourth-order valence-electron chi connectivity index (χ4n) is 1.88. The summed E-state index contributed by atoms with van der Waals surface area (Å²) in [6.07, 6.45) is 1.22. The highest BCUT2D eigenvalue weighted by Crippen LogP contribution is 2.47. The van der Waals surface area contributed by atoms with Gasteiger partial charge in [-0.1, -0.05) is 0 Å². The van der Waals surface area contributed by atoms with Crippen molar-refractivity contribution in [3.63, 3.8) is 0 Å². The van der Waals surface area contributed by atoms with Gasteiger partial charge in [0, 0.05) is 5.56 Å². The number of nitrogens with one attached hydrogen (secondary N) is 1. The summed E-state index contributed by atoms with van der Waals surface area (Å²) < 4.78 is 4.88. The number of H-pyrrole nitrogens is 1. The molecule has 1 saturated carbocycles. The van der Waals surface area contributed by atoms with Crippen molar-refractivity contribution in [3.8, 4) is 6.07 Å². The van der Waals surface area contributed by atoms with Crippen molar-refractivity contribution in [2.75, 3.05) is 0 Å². The number of nitrogens with zero attached hydrogens (tertiary/aromatic N) is 1. The van der Waals surface area contributed by atoms with Crippen LogP contribution in [-0.4, -0.2) is 10.8 Å². The van der Waals surface area contributed by atoms with E-state index in [4.69, 9.17) is 9.68 Å². The van der Waals surface area contributed by atoms with Crippen molar-refractivity contribution >= 4 is 16.9 Å². The number of carbonyl (C=O) groups excluding carboxylic acids is 1. The second-order valence-corrected chi connectivity index (χ2v) is 4.25. The van der Waals surface area contributed by atoms with Crippen LogP contribution in [0.5, 0.6) is 0 Å². The summed E-state index contributed by atoms with van der Waals surface area (Å²) in [7, 11) is 0. The molecule has 0 atom stereocenters. The van der Waals surface area contributed by atoms with Crippen LogP contribution in [0, 0.1) is 16.7 Å². The van der Waals surface area contributed by atoms with E-state index in [1.165, 1.54) is 6.07 Å². The predicted molar refractivity (Wildman–Crippen MR) is 58.4 cm³/mol. The van der Waals surface area contributed by atoms with Crippen LogP contribution in [-0.2, 0) is 0 Å². The Labute approximate surface area is 95.7 Å². The zero-order chi connectivity index (χ0) is 12.0. The lowest BCUT2D eigenvalue weighted by atomic mass is 9.96. The summed E-state index contributed by atoms with van der Waals surface area (Å²) in [5, 5.41) is 8.96. The summed E-state index contributed by atoms with van der Waals surface area (Å²) in [6, 6.07) is 6.78. The first-order chi connectivity index (χ1) is 8.14. The van der Waals surface area contributed by atoms with Gasteiger partial charge in [0.25, 0.3) is 0 Å². The van der Waals surface area contributed by atoms with Crippen molar-refractivity contribution in [2.24, 2.45) is 5.41 Å². The highest BCUT2D eigenvalue weighted by atomic mass is 16.4. The fourth-order valence-corrected chi connectivity index (χ4v) is 1.88. The highest BCUT2D eigenvalue weighted by molar-refractivity contribution is 6.05. The maximum atomic E-state index is 12.1. The fraction of sp³-hybridized carbons (Fsp3) is 0.250. The molecular formula is C12H8N2O3. The minimum atomic E-state index is -0.843. The number of Topliss-reactive ketones (excluding diaryl/α,β-unsaturated/α-hetero) is 1. The highest BCUT2D eigenvalue weighted by Gasteiger charge is 2.50. The van der Waals surface area contributed by atoms with E-state index in [1.807, 2.05) is 0 Å². The van der Waals surface area contributed by atoms with Gasteiger partial charge in [-0.2, -0.15) is 5.26 Å². The second kappa shape index (κ2) is 3.08. The first-order valence-corrected chi connectivity index (χ1v) is 5.24. The van der Waals surface area contributed by atoms with Crippen molar-refractivity contribution in [2.45, 2.75) is 12.8 Å². The van der Waals surface area contributed by atoms with Crippen LogP contribution in [0.3, 0.4) is 0 Å². The molecule has 1 fully saturated rings. The predicted octanol–water partition coefficient (Wildman–Crippen LogP) is 1.61. The van der Waals surface area contributed by atoms with Crippen molar-refractivity contribution in [1.29, 1.82) is 5.26 Å². The van der Waals surface area contributed by atoms with E-state index in [9.17, 15) is 9.59 Å². The summed E-state index contributed by atoms with van der Waals surface area (Å²) in [5.41, 5.74) is 0.465. The molecule has 0 bridgehead atoms. The third-order valence-corrected chi connectivity index (χ3v) is 3.08. The van der Waals surface area contributed by atoms with E-state index < -0.39 is 11.2 Å². The number of ketones is 1. The minimum Gasteiger partial charge on any atom is -0.408 e. The molecule has 1 heterocycles. The Kier molecular flexibility index (Phi) is 1.78. The maximum Gasteiger partial charge on any atom is 0.417 e. The molecule has 84 valence electrons. The second-order valence-electron chi connectivity index (χ2n) is 4.25. The Morgan fingerprint density at radius 3 is 2.88 bits per heavy atom. The van der Waals surface area contributed by atoms with Crippen LogP contribution < -0.4 is 5.76 Å². The van der Waals surface area contributed by atoms with Crippen LogP contribution in [0.25, 0.3) is 11.1 Å². The third-order valence-electron chi connectivity index (χ3n) is 3.08. The van der Waals surface area contributed by atoms with Crippen molar-refractivity contribution in [3.05, 3.63) is 34.3 Å². The van der Waals surface area contributed by atoms with E-state index in [0.29, 0.717) is 29.5 Å². The van der Waals surface area contributed by atoms with E-state index >= 15 is 0 Å². The van der Waals surface area contributed by atoms with Gasteiger partial charge >= 0.3 is 5.76 Å². The zero-order valence-corrected chi connectivity index (χ0v) is 8.82. The number of rotatable bonds is 2. The van der Waals surface area contributed by atoms with E-state index in [1.54, 1.807) is 12.1 Å². The largest absolute Gasteiger partial charge is 0.417 e. The summed E-state index contributed by atoms with van der Waals surface area (Å²) in [4.78, 5) is 25.5. The molecule has 0 radical (unpaired) electrons. The molecule has 0 aliphatic heterocycles. The third kappa shape index (κ3) is 1.38. The lowest BCUT2D eigenvalue weighted by Gasteiger charge is -2.03. The molecule has 0 unspecified atom stereocenters. The Morgan fingerprint density at radius 1 is 1.47 bits per heavy atom. The normalized spacial score (nSPS) is 16.6. The number of aromatic amines is 1. The average molecular weight is 228 g/mol. The van der Waals surface area contributed by atoms with Crippen LogP contribution >= 0.6 is 0 Å². The van der Waals surface area contributed by atoms with Gasteiger partial charge in [0.1, 0.15) is 5.41 Å². The Balaban J connectivity index is 2.10. The molecule has 1 aromatic heterocycles. The quantitative estimate of drug-likeness (QED) is 0.791. The smallest absolute Gasteiger partial charge is 0.408 e. The van der Waals surface area contributed by atoms with Gasteiger partial charge < -0.3 is 4.42 Å². The molecule has 0 spiro atoms. The number of fused-ring (bicyclic) bond motifs is 1. The van der Waals surface area contributed by atoms with E-state index in [0.717, 1.165) is 0 Å². The van der Waals surface area contributed by atoms with Gasteiger partial charge in [-0.15, -0.1) is 0 Å². The van der Waals surface area contributed by atoms with Gasteiger partial charge in [0.15, 0.2) is 11.4 Å². The number of benzene rings is 1. The number of oxazole rings is 1. The number of hydrogen-bond donors (Lipinski definition) is 1. The molecule has 1 N–H and O–H groups in total. The zero-order valence-electron chi connectivity index (χ0n) is 8.82. The standard InChI is InChI=1S/C12H8N2O3/c13-6-12(3-4-12)10(15)7-1-2-8-9(5-7)17-11(16)14-8/h1-2,5H,3-4H2,(H,14,16). The SMILES string of the molecule is N#CC1(C(=O)c2ccc3[nH]c(=O)oc3c2)CC1. The molecule has 5 heteroatoms. The van der Waals surface area contributed by atoms with E-state index in [-0.39, 0.29) is 5.78 Å². The lowest BCUT2D eigenvalue weighted by molar-refractivity contribution is 0.0934. The number of aromatic nitrogens is 1. The molecule has 1 aliphatic rings. The molecule has 5 nitrogen and oxygen atoms in total. The van der Waals surface area contributed by atoms with Crippen LogP contribution in [0.1, 0.15) is 23.2 Å². The monoisotopic (exact) mass is 228 g/mol. The first kappa shape index (κ1) is 9.85. The molecule has 2 aromatic rings. The molecular weight excluding hydrogens is 220 g/mol.